The van der Waals surface area contributed by atoms with Gasteiger partial charge >= 0.3 is 6.09 Å². The van der Waals surface area contributed by atoms with E-state index in [1.807, 2.05) is 25.1 Å². The molecule has 3 rings (SSSR count). The fraction of sp³-hybridized carbons (Fsp3) is 0.600. The molecule has 0 atom stereocenters. The van der Waals surface area contributed by atoms with Crippen molar-refractivity contribution in [3.05, 3.63) is 34.3 Å². The number of aryl methyl sites for hydroxylation is 1. The first-order valence-electron chi connectivity index (χ1n) is 10.2. The number of nitrogens with zero attached hydrogens (tertiary/aromatic N) is 2. The van der Waals surface area contributed by atoms with E-state index < -0.39 is 33.2 Å². The Morgan fingerprint density at radius 2 is 1.81 bits per heavy atom. The lowest BCUT2D eigenvalue weighted by molar-refractivity contribution is -0.141. The number of halogens is 1. The number of rotatable bonds is 5. The zero-order valence-electron chi connectivity index (χ0n) is 17.4. The molecule has 2 amide bonds. The first-order chi connectivity index (χ1) is 14.6. The minimum atomic E-state index is -3.79. The number of amides is 2. The van der Waals surface area contributed by atoms with E-state index in [-0.39, 0.29) is 31.8 Å². The Hall–Kier alpha value is -1.88. The fourth-order valence-electron chi connectivity index (χ4n) is 4.62. The number of piperidine rings is 2. The van der Waals surface area contributed by atoms with Crippen molar-refractivity contribution >= 4 is 33.6 Å². The second kappa shape index (κ2) is 9.32. The number of carboxylic acid groups (broad SMARTS) is 1. The lowest BCUT2D eigenvalue weighted by Gasteiger charge is -2.40. The van der Waals surface area contributed by atoms with Crippen LogP contribution >= 0.6 is 11.6 Å². The number of hydrogen-bond acceptors (Lipinski definition) is 5. The third kappa shape index (κ3) is 5.14. The average molecular weight is 474 g/mol. The second-order valence-electron chi connectivity index (χ2n) is 8.42. The lowest BCUT2D eigenvalue weighted by atomic mass is 9.79. The summed E-state index contributed by atoms with van der Waals surface area (Å²) in [4.78, 5) is 24.7. The summed E-state index contributed by atoms with van der Waals surface area (Å²) in [5, 5.41) is 19.0. The molecule has 2 saturated heterocycles. The maximum atomic E-state index is 13.2. The Kier molecular flexibility index (Phi) is 7.14. The summed E-state index contributed by atoms with van der Waals surface area (Å²) in [5.41, 5.74) is 2.47. The molecule has 0 radical (unpaired) electrons. The summed E-state index contributed by atoms with van der Waals surface area (Å²) in [6.07, 6.45) is 0.240. The molecule has 172 valence electrons. The van der Waals surface area contributed by atoms with Gasteiger partial charge in [-0.25, -0.2) is 23.0 Å². The van der Waals surface area contributed by atoms with E-state index in [0.717, 1.165) is 16.0 Å². The number of benzene rings is 1. The van der Waals surface area contributed by atoms with Crippen LogP contribution in [0.3, 0.4) is 0 Å². The number of carbonyl (C=O) groups excluding carboxylic acids is 1. The van der Waals surface area contributed by atoms with Crippen LogP contribution in [0.2, 0.25) is 5.02 Å². The van der Waals surface area contributed by atoms with Gasteiger partial charge < -0.3 is 10.0 Å². The first-order valence-corrected chi connectivity index (χ1v) is 12.2. The summed E-state index contributed by atoms with van der Waals surface area (Å²) in [7, 11) is -3.79. The van der Waals surface area contributed by atoms with Crippen LogP contribution in [0.5, 0.6) is 0 Å². The average Bonchev–Trinajstić information content (AvgIpc) is 2.75. The van der Waals surface area contributed by atoms with Gasteiger partial charge in [-0.1, -0.05) is 17.7 Å². The van der Waals surface area contributed by atoms with Gasteiger partial charge in [0.05, 0.1) is 11.2 Å². The summed E-state index contributed by atoms with van der Waals surface area (Å²) >= 11 is 6.13. The Balaban J connectivity index is 1.70. The zero-order valence-corrected chi connectivity index (χ0v) is 19.0. The van der Waals surface area contributed by atoms with Crippen LogP contribution < -0.4 is 5.48 Å². The molecule has 0 saturated carbocycles. The fourth-order valence-corrected chi connectivity index (χ4v) is 6.87. The monoisotopic (exact) mass is 473 g/mol. The van der Waals surface area contributed by atoms with Crippen LogP contribution in [0.1, 0.15) is 42.7 Å². The van der Waals surface area contributed by atoms with Gasteiger partial charge in [0.15, 0.2) is 0 Å². The number of hydroxylamine groups is 1. The highest BCUT2D eigenvalue weighted by Gasteiger charge is 2.47. The molecule has 0 aromatic heterocycles. The molecule has 3 N–H and O–H groups in total. The third-order valence-electron chi connectivity index (χ3n) is 6.56. The van der Waals surface area contributed by atoms with Crippen LogP contribution in [-0.2, 0) is 14.8 Å². The predicted molar refractivity (Wildman–Crippen MR) is 115 cm³/mol. The largest absolute Gasteiger partial charge is 0.465 e. The maximum absolute atomic E-state index is 13.2. The van der Waals surface area contributed by atoms with E-state index in [4.69, 9.17) is 16.7 Å². The Morgan fingerprint density at radius 1 is 1.19 bits per heavy atom. The van der Waals surface area contributed by atoms with E-state index in [1.54, 1.807) is 5.48 Å². The molecule has 11 heteroatoms. The molecule has 2 aliphatic rings. The molecule has 2 aliphatic heterocycles. The maximum Gasteiger partial charge on any atom is 0.407 e. The Labute approximate surface area is 187 Å². The van der Waals surface area contributed by atoms with E-state index in [9.17, 15) is 23.2 Å². The van der Waals surface area contributed by atoms with E-state index in [1.165, 1.54) is 4.31 Å². The van der Waals surface area contributed by atoms with E-state index >= 15 is 0 Å². The molecular formula is C20H28ClN3O6S. The molecule has 2 fully saturated rings. The standard InChI is InChI=1S/C20H28ClN3O6S/c1-14-2-3-16(21)12-17(14)15-4-8-24(9-5-15)31(29,30)13-20(18(25)22-28)6-10-23(11-7-20)19(26)27/h2-3,12,15,28H,4-11,13H2,1H3,(H,22,25)(H,26,27). The minimum Gasteiger partial charge on any atom is -0.465 e. The van der Waals surface area contributed by atoms with Crippen molar-refractivity contribution in [2.24, 2.45) is 5.41 Å². The number of nitrogens with one attached hydrogen (secondary N) is 1. The van der Waals surface area contributed by atoms with Gasteiger partial charge in [-0.2, -0.15) is 0 Å². The summed E-state index contributed by atoms with van der Waals surface area (Å²) in [6, 6.07) is 5.73. The highest BCUT2D eigenvalue weighted by atomic mass is 35.5. The third-order valence-corrected chi connectivity index (χ3v) is 8.87. The molecular weight excluding hydrogens is 446 g/mol. The van der Waals surface area contributed by atoms with Crippen LogP contribution in [0.25, 0.3) is 0 Å². The van der Waals surface area contributed by atoms with Crippen molar-refractivity contribution in [2.75, 3.05) is 31.9 Å². The normalized spacial score (nSPS) is 20.4. The van der Waals surface area contributed by atoms with Gasteiger partial charge in [-0.3, -0.25) is 10.0 Å². The minimum absolute atomic E-state index is 0.0309. The molecule has 2 heterocycles. The smallest absolute Gasteiger partial charge is 0.407 e. The molecule has 31 heavy (non-hydrogen) atoms. The predicted octanol–water partition coefficient (Wildman–Crippen LogP) is 2.42. The van der Waals surface area contributed by atoms with Gasteiger partial charge in [-0.15, -0.1) is 0 Å². The van der Waals surface area contributed by atoms with Crippen molar-refractivity contribution in [3.8, 4) is 0 Å². The van der Waals surface area contributed by atoms with Gasteiger partial charge in [0.25, 0.3) is 5.91 Å². The van der Waals surface area contributed by atoms with Crippen LogP contribution in [0.4, 0.5) is 4.79 Å². The Bertz CT molecular complexity index is 938. The van der Waals surface area contributed by atoms with Crippen molar-refractivity contribution in [3.63, 3.8) is 0 Å². The number of hydrogen-bond donors (Lipinski definition) is 3. The van der Waals surface area contributed by atoms with Crippen molar-refractivity contribution < 1.29 is 28.3 Å². The first kappa shape index (κ1) is 23.8. The van der Waals surface area contributed by atoms with Crippen molar-refractivity contribution in [2.45, 2.75) is 38.5 Å². The van der Waals surface area contributed by atoms with Gasteiger partial charge in [-0.05, 0) is 61.8 Å². The van der Waals surface area contributed by atoms with Gasteiger partial charge in [0.1, 0.15) is 0 Å². The highest BCUT2D eigenvalue weighted by molar-refractivity contribution is 7.89. The SMILES string of the molecule is Cc1ccc(Cl)cc1C1CCN(S(=O)(=O)CC2(C(=O)NO)CCN(C(=O)O)CC2)CC1. The zero-order chi connectivity index (χ0) is 22.8. The molecule has 0 aliphatic carbocycles. The van der Waals surface area contributed by atoms with Gasteiger partial charge in [0, 0.05) is 31.2 Å². The van der Waals surface area contributed by atoms with Crippen LogP contribution in [0.15, 0.2) is 18.2 Å². The molecule has 0 spiro atoms. The summed E-state index contributed by atoms with van der Waals surface area (Å²) < 4.78 is 27.7. The highest BCUT2D eigenvalue weighted by Crippen LogP contribution is 2.37. The van der Waals surface area contributed by atoms with E-state index in [0.29, 0.717) is 31.0 Å². The summed E-state index contributed by atoms with van der Waals surface area (Å²) in [5.74, 6) is -1.04. The molecule has 9 nitrogen and oxygen atoms in total. The van der Waals surface area contributed by atoms with Crippen molar-refractivity contribution in [1.29, 1.82) is 0 Å². The molecule has 0 bridgehead atoms. The topological polar surface area (TPSA) is 127 Å². The van der Waals surface area contributed by atoms with Crippen LogP contribution in [0, 0.1) is 12.3 Å². The quantitative estimate of drug-likeness (QED) is 0.445. The number of likely N-dealkylation sites (tertiary alicyclic amines) is 1. The summed E-state index contributed by atoms with van der Waals surface area (Å²) in [6.45, 7) is 2.74. The molecule has 1 aromatic rings. The van der Waals surface area contributed by atoms with Crippen LogP contribution in [-0.4, -0.2) is 71.9 Å². The number of carbonyl (C=O) groups is 2. The van der Waals surface area contributed by atoms with Crippen molar-refractivity contribution in [1.82, 2.24) is 14.7 Å². The van der Waals surface area contributed by atoms with Gasteiger partial charge in [0.2, 0.25) is 10.0 Å². The molecule has 0 unspecified atom stereocenters. The number of sulfonamides is 1. The molecule has 1 aromatic carbocycles. The lowest BCUT2D eigenvalue weighted by Crippen LogP contribution is -2.54. The second-order valence-corrected chi connectivity index (χ2v) is 10.8. The van der Waals surface area contributed by atoms with E-state index in [2.05, 4.69) is 0 Å². The Morgan fingerprint density at radius 3 is 2.35 bits per heavy atom.